The van der Waals surface area contributed by atoms with Gasteiger partial charge in [0, 0.05) is 36.3 Å². The first-order chi connectivity index (χ1) is 13.0. The Kier molecular flexibility index (Phi) is 4.47. The monoisotopic (exact) mass is 368 g/mol. The van der Waals surface area contributed by atoms with Gasteiger partial charge in [-0.1, -0.05) is 12.1 Å². The predicted octanol–water partition coefficient (Wildman–Crippen LogP) is 1.25. The zero-order valence-electron chi connectivity index (χ0n) is 15.4. The summed E-state index contributed by atoms with van der Waals surface area (Å²) in [5.74, 6) is 0.00123. The van der Waals surface area contributed by atoms with Gasteiger partial charge < -0.3 is 15.2 Å². The summed E-state index contributed by atoms with van der Waals surface area (Å²) in [6.07, 6.45) is 3.30. The minimum Gasteiger partial charge on any atom is -0.338 e. The first kappa shape index (κ1) is 17.7. The van der Waals surface area contributed by atoms with E-state index in [1.807, 2.05) is 4.90 Å². The van der Waals surface area contributed by atoms with E-state index in [1.54, 1.807) is 31.2 Å². The zero-order chi connectivity index (χ0) is 19.0. The fraction of sp³-hybridized carbons (Fsp3) is 0.450. The smallest absolute Gasteiger partial charge is 0.325 e. The molecule has 7 heteroatoms. The number of aryl methyl sites for hydroxylation is 1. The summed E-state index contributed by atoms with van der Waals surface area (Å²) in [6.45, 7) is 5.22. The molecule has 27 heavy (non-hydrogen) atoms. The largest absolute Gasteiger partial charge is 0.338 e. The summed E-state index contributed by atoms with van der Waals surface area (Å²) >= 11 is 0. The van der Waals surface area contributed by atoms with Crippen LogP contribution in [-0.2, 0) is 0 Å². The van der Waals surface area contributed by atoms with Crippen LogP contribution in [-0.4, -0.2) is 47.0 Å². The SMILES string of the molecule is Cc1[nH]c(=O)[nH]c(=O)c1-c1cccc(C(=O)N2CCC[C@@]3(CCNC3)C2)c1. The van der Waals surface area contributed by atoms with E-state index >= 15 is 0 Å². The number of carbonyl (C=O) groups excluding carboxylic acids is 1. The molecule has 2 aliphatic heterocycles. The van der Waals surface area contributed by atoms with Crippen molar-refractivity contribution in [3.63, 3.8) is 0 Å². The number of carbonyl (C=O) groups is 1. The number of aromatic nitrogens is 2. The van der Waals surface area contributed by atoms with Crippen LogP contribution in [0.3, 0.4) is 0 Å². The minimum atomic E-state index is -0.530. The van der Waals surface area contributed by atoms with Crippen molar-refractivity contribution in [2.75, 3.05) is 26.2 Å². The maximum Gasteiger partial charge on any atom is 0.325 e. The molecule has 3 N–H and O–H groups in total. The van der Waals surface area contributed by atoms with Crippen molar-refractivity contribution < 1.29 is 4.79 Å². The van der Waals surface area contributed by atoms with E-state index in [0.29, 0.717) is 22.4 Å². The van der Waals surface area contributed by atoms with Crippen LogP contribution in [0.2, 0.25) is 0 Å². The lowest BCUT2D eigenvalue weighted by atomic mass is 9.79. The lowest BCUT2D eigenvalue weighted by molar-refractivity contribution is 0.0553. The van der Waals surface area contributed by atoms with Gasteiger partial charge in [-0.15, -0.1) is 0 Å². The van der Waals surface area contributed by atoms with Crippen LogP contribution >= 0.6 is 0 Å². The third-order valence-electron chi connectivity index (χ3n) is 5.81. The molecular weight excluding hydrogens is 344 g/mol. The average molecular weight is 368 g/mol. The van der Waals surface area contributed by atoms with Crippen LogP contribution in [0.25, 0.3) is 11.1 Å². The van der Waals surface area contributed by atoms with Crippen molar-refractivity contribution in [1.82, 2.24) is 20.2 Å². The van der Waals surface area contributed by atoms with E-state index in [1.165, 1.54) is 0 Å². The summed E-state index contributed by atoms with van der Waals surface area (Å²) in [5.41, 5.74) is 1.30. The number of amides is 1. The quantitative estimate of drug-likeness (QED) is 0.743. The van der Waals surface area contributed by atoms with Gasteiger partial charge in [0.05, 0.1) is 5.56 Å². The van der Waals surface area contributed by atoms with Crippen LogP contribution < -0.4 is 16.6 Å². The molecule has 1 atom stereocenters. The van der Waals surface area contributed by atoms with E-state index in [4.69, 9.17) is 0 Å². The molecule has 0 radical (unpaired) electrons. The second-order valence-electron chi connectivity index (χ2n) is 7.75. The average Bonchev–Trinajstić information content (AvgIpc) is 3.08. The standard InChI is InChI=1S/C20H24N4O3/c1-13-16(17(25)23-19(27)22-13)14-4-2-5-15(10-14)18(26)24-9-3-6-20(12-24)7-8-21-11-20/h2,4-5,10,21H,3,6-9,11-12H2,1H3,(H2,22,23,25,27)/t20-/m0/s1. The molecule has 1 aromatic heterocycles. The Labute approximate surface area is 156 Å². The number of rotatable bonds is 2. The molecular formula is C20H24N4O3. The van der Waals surface area contributed by atoms with Gasteiger partial charge in [-0.05, 0) is 50.4 Å². The highest BCUT2D eigenvalue weighted by Gasteiger charge is 2.39. The van der Waals surface area contributed by atoms with E-state index < -0.39 is 11.2 Å². The first-order valence-corrected chi connectivity index (χ1v) is 9.41. The van der Waals surface area contributed by atoms with Crippen molar-refractivity contribution in [3.05, 3.63) is 56.4 Å². The number of H-pyrrole nitrogens is 2. The Bertz CT molecular complexity index is 985. The van der Waals surface area contributed by atoms with Gasteiger partial charge in [0.2, 0.25) is 0 Å². The molecule has 2 saturated heterocycles. The van der Waals surface area contributed by atoms with Crippen LogP contribution in [0, 0.1) is 12.3 Å². The highest BCUT2D eigenvalue weighted by atomic mass is 16.2. The summed E-state index contributed by atoms with van der Waals surface area (Å²) in [7, 11) is 0. The second kappa shape index (κ2) is 6.81. The summed E-state index contributed by atoms with van der Waals surface area (Å²) in [4.78, 5) is 43.6. The molecule has 1 amide bonds. The number of hydrogen-bond acceptors (Lipinski definition) is 4. The molecule has 0 bridgehead atoms. The molecule has 0 saturated carbocycles. The van der Waals surface area contributed by atoms with Gasteiger partial charge in [0.15, 0.2) is 0 Å². The van der Waals surface area contributed by atoms with Crippen molar-refractivity contribution in [2.24, 2.45) is 5.41 Å². The Balaban J connectivity index is 1.64. The Morgan fingerprint density at radius 1 is 1.19 bits per heavy atom. The van der Waals surface area contributed by atoms with Gasteiger partial charge in [0.25, 0.3) is 11.5 Å². The number of benzene rings is 1. The highest BCUT2D eigenvalue weighted by Crippen LogP contribution is 2.36. The Hall–Kier alpha value is -2.67. The van der Waals surface area contributed by atoms with Gasteiger partial charge in [-0.25, -0.2) is 4.79 Å². The normalized spacial score (nSPS) is 22.3. The first-order valence-electron chi connectivity index (χ1n) is 9.41. The van der Waals surface area contributed by atoms with E-state index in [-0.39, 0.29) is 11.3 Å². The third kappa shape index (κ3) is 3.35. The molecule has 4 rings (SSSR count). The molecule has 1 aromatic carbocycles. The number of hydrogen-bond donors (Lipinski definition) is 3. The number of nitrogens with zero attached hydrogens (tertiary/aromatic N) is 1. The molecule has 3 heterocycles. The van der Waals surface area contributed by atoms with Crippen LogP contribution in [0.4, 0.5) is 0 Å². The Morgan fingerprint density at radius 2 is 2.04 bits per heavy atom. The fourth-order valence-corrected chi connectivity index (χ4v) is 4.46. The topological polar surface area (TPSA) is 98.1 Å². The van der Waals surface area contributed by atoms with Gasteiger partial charge in [-0.2, -0.15) is 0 Å². The lowest BCUT2D eigenvalue weighted by Gasteiger charge is -2.40. The molecule has 2 aliphatic rings. The minimum absolute atomic E-state index is 0.00123. The summed E-state index contributed by atoms with van der Waals surface area (Å²) in [5, 5.41) is 3.42. The van der Waals surface area contributed by atoms with E-state index in [0.717, 1.165) is 45.4 Å². The molecule has 2 aromatic rings. The maximum atomic E-state index is 13.1. The molecule has 142 valence electrons. The predicted molar refractivity (Wildman–Crippen MR) is 103 cm³/mol. The van der Waals surface area contributed by atoms with Crippen molar-refractivity contribution in [1.29, 1.82) is 0 Å². The summed E-state index contributed by atoms with van der Waals surface area (Å²) in [6, 6.07) is 7.09. The molecule has 0 unspecified atom stereocenters. The molecule has 0 aliphatic carbocycles. The van der Waals surface area contributed by atoms with Crippen molar-refractivity contribution >= 4 is 5.91 Å². The Morgan fingerprint density at radius 3 is 2.78 bits per heavy atom. The van der Waals surface area contributed by atoms with Gasteiger partial charge in [-0.3, -0.25) is 14.6 Å². The summed E-state index contributed by atoms with van der Waals surface area (Å²) < 4.78 is 0. The van der Waals surface area contributed by atoms with E-state index in [2.05, 4.69) is 15.3 Å². The van der Waals surface area contributed by atoms with Crippen LogP contribution in [0.15, 0.2) is 33.9 Å². The number of piperidine rings is 1. The fourth-order valence-electron chi connectivity index (χ4n) is 4.46. The third-order valence-corrected chi connectivity index (χ3v) is 5.81. The molecule has 2 fully saturated rings. The maximum absolute atomic E-state index is 13.1. The highest BCUT2D eigenvalue weighted by molar-refractivity contribution is 5.95. The van der Waals surface area contributed by atoms with Crippen molar-refractivity contribution in [3.8, 4) is 11.1 Å². The van der Waals surface area contributed by atoms with Crippen molar-refractivity contribution in [2.45, 2.75) is 26.2 Å². The molecule has 7 nitrogen and oxygen atoms in total. The van der Waals surface area contributed by atoms with E-state index in [9.17, 15) is 14.4 Å². The van der Waals surface area contributed by atoms with Gasteiger partial charge in [0.1, 0.15) is 0 Å². The number of likely N-dealkylation sites (tertiary alicyclic amines) is 1. The van der Waals surface area contributed by atoms with Gasteiger partial charge >= 0.3 is 5.69 Å². The molecule has 1 spiro atoms. The lowest BCUT2D eigenvalue weighted by Crippen LogP contribution is -2.47. The number of nitrogens with one attached hydrogen (secondary N) is 3. The number of aromatic amines is 2. The second-order valence-corrected chi connectivity index (χ2v) is 7.75. The van der Waals surface area contributed by atoms with Crippen LogP contribution in [0.1, 0.15) is 35.3 Å². The van der Waals surface area contributed by atoms with Crippen LogP contribution in [0.5, 0.6) is 0 Å². The zero-order valence-corrected chi connectivity index (χ0v) is 15.4.